The zero-order valence-corrected chi connectivity index (χ0v) is 11.2. The Morgan fingerprint density at radius 1 is 1.12 bits per heavy atom. The van der Waals surface area contributed by atoms with E-state index in [2.05, 4.69) is 38.2 Å². The minimum atomic E-state index is 0.0656. The van der Waals surface area contributed by atoms with Crippen LogP contribution < -0.4 is 16.8 Å². The Kier molecular flexibility index (Phi) is 5.62. The van der Waals surface area contributed by atoms with Crippen molar-refractivity contribution in [2.45, 2.75) is 33.2 Å². The molecule has 0 amide bonds. The van der Waals surface area contributed by atoms with Gasteiger partial charge >= 0.3 is 0 Å². The Labute approximate surface area is 105 Å². The molecular formula is C14H25N3. The van der Waals surface area contributed by atoms with Gasteiger partial charge in [0.05, 0.1) is 0 Å². The normalized spacial score (nSPS) is 12.8. The second-order valence-corrected chi connectivity index (χ2v) is 4.81. The van der Waals surface area contributed by atoms with Gasteiger partial charge in [0.25, 0.3) is 0 Å². The van der Waals surface area contributed by atoms with E-state index in [1.165, 1.54) is 22.3 Å². The van der Waals surface area contributed by atoms with Gasteiger partial charge in [0, 0.05) is 19.1 Å². The fraction of sp³-hybridized carbons (Fsp3) is 0.571. The van der Waals surface area contributed by atoms with Crippen LogP contribution in [0.1, 0.15) is 22.3 Å². The molecule has 1 unspecified atom stereocenters. The highest BCUT2D eigenvalue weighted by atomic mass is 14.9. The highest BCUT2D eigenvalue weighted by Gasteiger charge is 2.02. The molecule has 0 radical (unpaired) electrons. The van der Waals surface area contributed by atoms with E-state index in [1.807, 2.05) is 0 Å². The second kappa shape index (κ2) is 6.74. The molecule has 0 heterocycles. The van der Waals surface area contributed by atoms with Crippen LogP contribution in [-0.2, 0) is 6.42 Å². The average molecular weight is 235 g/mol. The molecule has 1 atom stereocenters. The van der Waals surface area contributed by atoms with Crippen LogP contribution in [0, 0.1) is 20.8 Å². The molecule has 0 aliphatic rings. The lowest BCUT2D eigenvalue weighted by atomic mass is 9.99. The SMILES string of the molecule is Cc1cc(C)c(CCNCC(N)CN)cc1C. The van der Waals surface area contributed by atoms with Crippen LogP contribution in [0.25, 0.3) is 0 Å². The fourth-order valence-electron chi connectivity index (χ4n) is 1.88. The number of nitrogens with one attached hydrogen (secondary N) is 1. The summed E-state index contributed by atoms with van der Waals surface area (Å²) in [6, 6.07) is 4.61. The number of hydrogen-bond acceptors (Lipinski definition) is 3. The second-order valence-electron chi connectivity index (χ2n) is 4.81. The Morgan fingerprint density at radius 3 is 2.41 bits per heavy atom. The maximum Gasteiger partial charge on any atom is 0.0290 e. The molecule has 3 nitrogen and oxygen atoms in total. The van der Waals surface area contributed by atoms with Crippen LogP contribution in [0.2, 0.25) is 0 Å². The highest BCUT2D eigenvalue weighted by molar-refractivity contribution is 5.36. The molecule has 0 saturated carbocycles. The van der Waals surface area contributed by atoms with Gasteiger partial charge in [0.1, 0.15) is 0 Å². The summed E-state index contributed by atoms with van der Waals surface area (Å²) in [6.07, 6.45) is 1.05. The highest BCUT2D eigenvalue weighted by Crippen LogP contribution is 2.15. The summed E-state index contributed by atoms with van der Waals surface area (Å²) in [7, 11) is 0. The number of hydrogen-bond donors (Lipinski definition) is 3. The summed E-state index contributed by atoms with van der Waals surface area (Å²) < 4.78 is 0. The van der Waals surface area contributed by atoms with E-state index < -0.39 is 0 Å². The largest absolute Gasteiger partial charge is 0.329 e. The standard InChI is InChI=1S/C14H25N3/c1-10-6-12(3)13(7-11(10)2)4-5-17-9-14(16)8-15/h6-7,14,17H,4-5,8-9,15-16H2,1-3H3. The monoisotopic (exact) mass is 235 g/mol. The molecule has 0 bridgehead atoms. The van der Waals surface area contributed by atoms with Crippen molar-refractivity contribution < 1.29 is 0 Å². The van der Waals surface area contributed by atoms with Crippen LogP contribution in [0.3, 0.4) is 0 Å². The van der Waals surface area contributed by atoms with Crippen LogP contribution in [0.5, 0.6) is 0 Å². The van der Waals surface area contributed by atoms with Gasteiger partial charge in [0.2, 0.25) is 0 Å². The third-order valence-electron chi connectivity index (χ3n) is 3.23. The van der Waals surface area contributed by atoms with E-state index in [0.717, 1.165) is 19.5 Å². The molecule has 96 valence electrons. The van der Waals surface area contributed by atoms with Crippen molar-refractivity contribution in [1.82, 2.24) is 5.32 Å². The first-order chi connectivity index (χ1) is 8.04. The van der Waals surface area contributed by atoms with Crippen molar-refractivity contribution in [3.63, 3.8) is 0 Å². The zero-order chi connectivity index (χ0) is 12.8. The lowest BCUT2D eigenvalue weighted by Crippen LogP contribution is -2.40. The molecule has 0 saturated heterocycles. The zero-order valence-electron chi connectivity index (χ0n) is 11.2. The van der Waals surface area contributed by atoms with Crippen LogP contribution in [0.4, 0.5) is 0 Å². The van der Waals surface area contributed by atoms with E-state index in [1.54, 1.807) is 0 Å². The molecule has 1 aromatic carbocycles. The van der Waals surface area contributed by atoms with Gasteiger partial charge in [-0.3, -0.25) is 0 Å². The minimum Gasteiger partial charge on any atom is -0.329 e. The lowest BCUT2D eigenvalue weighted by molar-refractivity contribution is 0.583. The van der Waals surface area contributed by atoms with E-state index >= 15 is 0 Å². The molecule has 0 aliphatic heterocycles. The first kappa shape index (κ1) is 14.2. The smallest absolute Gasteiger partial charge is 0.0290 e. The number of nitrogens with two attached hydrogens (primary N) is 2. The molecule has 1 aromatic rings. The van der Waals surface area contributed by atoms with E-state index in [0.29, 0.717) is 6.54 Å². The van der Waals surface area contributed by atoms with Crippen molar-refractivity contribution in [2.75, 3.05) is 19.6 Å². The molecule has 5 N–H and O–H groups in total. The molecule has 1 rings (SSSR count). The van der Waals surface area contributed by atoms with Crippen molar-refractivity contribution >= 4 is 0 Å². The number of aryl methyl sites for hydroxylation is 3. The quantitative estimate of drug-likeness (QED) is 0.645. The third kappa shape index (κ3) is 4.46. The van der Waals surface area contributed by atoms with Crippen molar-refractivity contribution in [1.29, 1.82) is 0 Å². The van der Waals surface area contributed by atoms with Gasteiger partial charge in [-0.05, 0) is 56.0 Å². The van der Waals surface area contributed by atoms with E-state index in [-0.39, 0.29) is 6.04 Å². The van der Waals surface area contributed by atoms with Gasteiger partial charge in [-0.15, -0.1) is 0 Å². The minimum absolute atomic E-state index is 0.0656. The predicted octanol–water partition coefficient (Wildman–Crippen LogP) is 1.03. The first-order valence-electron chi connectivity index (χ1n) is 6.27. The van der Waals surface area contributed by atoms with Crippen molar-refractivity contribution in [3.05, 3.63) is 34.4 Å². The topological polar surface area (TPSA) is 64.1 Å². The summed E-state index contributed by atoms with van der Waals surface area (Å²) in [4.78, 5) is 0. The van der Waals surface area contributed by atoms with Gasteiger partial charge in [-0.25, -0.2) is 0 Å². The van der Waals surface area contributed by atoms with Crippen molar-refractivity contribution in [2.24, 2.45) is 11.5 Å². The summed E-state index contributed by atoms with van der Waals surface area (Å²) >= 11 is 0. The molecule has 0 aromatic heterocycles. The molecule has 0 fully saturated rings. The number of benzene rings is 1. The van der Waals surface area contributed by atoms with Gasteiger partial charge in [0.15, 0.2) is 0 Å². The third-order valence-corrected chi connectivity index (χ3v) is 3.23. The molecule has 0 spiro atoms. The summed E-state index contributed by atoms with van der Waals surface area (Å²) in [5.41, 5.74) is 16.7. The van der Waals surface area contributed by atoms with E-state index in [4.69, 9.17) is 11.5 Å². The Bertz CT molecular complexity index is 361. The maximum absolute atomic E-state index is 5.74. The van der Waals surface area contributed by atoms with Crippen LogP contribution in [0.15, 0.2) is 12.1 Å². The lowest BCUT2D eigenvalue weighted by Gasteiger charge is -2.12. The molecule has 3 heteroatoms. The Hall–Kier alpha value is -0.900. The van der Waals surface area contributed by atoms with Gasteiger partial charge in [-0.1, -0.05) is 12.1 Å². The predicted molar refractivity (Wildman–Crippen MR) is 74.3 cm³/mol. The Balaban J connectivity index is 2.44. The molecule has 17 heavy (non-hydrogen) atoms. The molecular weight excluding hydrogens is 210 g/mol. The van der Waals surface area contributed by atoms with Gasteiger partial charge < -0.3 is 16.8 Å². The first-order valence-corrected chi connectivity index (χ1v) is 6.27. The summed E-state index contributed by atoms with van der Waals surface area (Å²) in [5.74, 6) is 0. The summed E-state index contributed by atoms with van der Waals surface area (Å²) in [5, 5.41) is 3.34. The number of rotatable bonds is 6. The molecule has 0 aliphatic carbocycles. The Morgan fingerprint density at radius 2 is 1.76 bits per heavy atom. The van der Waals surface area contributed by atoms with E-state index in [9.17, 15) is 0 Å². The van der Waals surface area contributed by atoms with Crippen molar-refractivity contribution in [3.8, 4) is 0 Å². The maximum atomic E-state index is 5.74. The fourth-order valence-corrected chi connectivity index (χ4v) is 1.88. The summed E-state index contributed by atoms with van der Waals surface area (Å²) in [6.45, 7) is 8.78. The van der Waals surface area contributed by atoms with Gasteiger partial charge in [-0.2, -0.15) is 0 Å². The van der Waals surface area contributed by atoms with Crippen LogP contribution >= 0.6 is 0 Å². The van der Waals surface area contributed by atoms with Crippen LogP contribution in [-0.4, -0.2) is 25.7 Å². The average Bonchev–Trinajstić information content (AvgIpc) is 2.30.